The van der Waals surface area contributed by atoms with Gasteiger partial charge in [-0.2, -0.15) is 18.3 Å². The maximum atomic E-state index is 13.2. The Morgan fingerprint density at radius 2 is 1.82 bits per heavy atom. The number of rotatable bonds is 8. The Morgan fingerprint density at radius 3 is 2.41 bits per heavy atom. The Kier molecular flexibility index (Phi) is 9.07. The SMILES string of the molecule is COc1cc(N2CCN(C(=O)CN(CC(F)(F)F)/N=C(\CBr)c3ccccc3)CC2)ccc1Cl. The molecule has 0 unspecified atom stereocenters. The Hall–Kier alpha value is -2.46. The summed E-state index contributed by atoms with van der Waals surface area (Å²) in [4.78, 5) is 16.5. The number of anilines is 1. The van der Waals surface area contributed by atoms with E-state index in [0.29, 0.717) is 48.2 Å². The second kappa shape index (κ2) is 11.8. The lowest BCUT2D eigenvalue weighted by Gasteiger charge is -2.37. The molecule has 0 bridgehead atoms. The molecule has 0 radical (unpaired) electrons. The van der Waals surface area contributed by atoms with Gasteiger partial charge in [-0.25, -0.2) is 0 Å². The Balaban J connectivity index is 1.67. The van der Waals surface area contributed by atoms with Gasteiger partial charge in [0.25, 0.3) is 0 Å². The quantitative estimate of drug-likeness (QED) is 0.267. The van der Waals surface area contributed by atoms with Crippen LogP contribution in [0.1, 0.15) is 5.56 Å². The van der Waals surface area contributed by atoms with Crippen molar-refractivity contribution in [2.75, 3.05) is 56.6 Å². The third-order valence-corrected chi connectivity index (χ3v) is 6.15. The number of methoxy groups -OCH3 is 1. The number of alkyl halides is 4. The second-order valence-corrected chi connectivity index (χ2v) is 8.64. The molecule has 0 saturated carbocycles. The molecule has 1 heterocycles. The molecule has 2 aromatic carbocycles. The Morgan fingerprint density at radius 1 is 1.15 bits per heavy atom. The monoisotopic (exact) mass is 560 g/mol. The highest BCUT2D eigenvalue weighted by Gasteiger charge is 2.33. The number of carbonyl (C=O) groups is 1. The summed E-state index contributed by atoms with van der Waals surface area (Å²) in [5.41, 5.74) is 2.01. The number of hydrazone groups is 1. The van der Waals surface area contributed by atoms with Crippen LogP contribution in [0.3, 0.4) is 0 Å². The summed E-state index contributed by atoms with van der Waals surface area (Å²) in [6, 6.07) is 14.3. The highest BCUT2D eigenvalue weighted by molar-refractivity contribution is 9.09. The third-order valence-electron chi connectivity index (χ3n) is 5.31. The predicted octanol–water partition coefficient (Wildman–Crippen LogP) is 4.66. The number of hydrogen-bond acceptors (Lipinski definition) is 5. The van der Waals surface area contributed by atoms with E-state index in [-0.39, 0.29) is 5.33 Å². The van der Waals surface area contributed by atoms with Gasteiger partial charge in [0.15, 0.2) is 0 Å². The van der Waals surface area contributed by atoms with Crippen LogP contribution in [-0.4, -0.2) is 79.4 Å². The number of carbonyl (C=O) groups excluding carboxylic acids is 1. The van der Waals surface area contributed by atoms with Crippen LogP contribution in [0.2, 0.25) is 5.02 Å². The first kappa shape index (κ1) is 26.2. The molecule has 0 aromatic heterocycles. The van der Waals surface area contributed by atoms with E-state index in [0.717, 1.165) is 10.7 Å². The van der Waals surface area contributed by atoms with Crippen molar-refractivity contribution in [1.29, 1.82) is 0 Å². The predicted molar refractivity (Wildman–Crippen MR) is 131 cm³/mol. The van der Waals surface area contributed by atoms with Gasteiger partial charge in [0, 0.05) is 43.3 Å². The van der Waals surface area contributed by atoms with Crippen molar-refractivity contribution in [3.05, 3.63) is 59.1 Å². The molecule has 34 heavy (non-hydrogen) atoms. The standard InChI is InChI=1S/C23H25BrClF3N4O2/c1-34-21-13-18(7-8-19(21)25)30-9-11-31(12-10-30)22(33)15-32(16-23(26,27)28)29-20(14-24)17-5-3-2-4-6-17/h2-8,13H,9-12,14-16H2,1H3/b29-20+. The van der Waals surface area contributed by atoms with Crippen LogP contribution >= 0.6 is 27.5 Å². The molecule has 0 N–H and O–H groups in total. The van der Waals surface area contributed by atoms with Gasteiger partial charge >= 0.3 is 6.18 Å². The molecule has 0 spiro atoms. The molecule has 11 heteroatoms. The molecule has 0 atom stereocenters. The summed E-state index contributed by atoms with van der Waals surface area (Å²) in [7, 11) is 1.54. The van der Waals surface area contributed by atoms with Gasteiger partial charge in [0.05, 0.1) is 17.8 Å². The lowest BCUT2D eigenvalue weighted by Crippen LogP contribution is -2.51. The molecule has 1 saturated heterocycles. The fourth-order valence-corrected chi connectivity index (χ4v) is 4.24. The number of ether oxygens (including phenoxy) is 1. The molecule has 1 fully saturated rings. The van der Waals surface area contributed by atoms with E-state index >= 15 is 0 Å². The van der Waals surface area contributed by atoms with Crippen molar-refractivity contribution in [3.63, 3.8) is 0 Å². The largest absolute Gasteiger partial charge is 0.495 e. The number of hydrogen-bond donors (Lipinski definition) is 0. The van der Waals surface area contributed by atoms with Gasteiger partial charge in [-0.05, 0) is 17.7 Å². The van der Waals surface area contributed by atoms with Crippen molar-refractivity contribution in [1.82, 2.24) is 9.91 Å². The van der Waals surface area contributed by atoms with E-state index in [1.807, 2.05) is 18.2 Å². The summed E-state index contributed by atoms with van der Waals surface area (Å²) in [6.07, 6.45) is -4.50. The smallest absolute Gasteiger partial charge is 0.407 e. The lowest BCUT2D eigenvalue weighted by atomic mass is 10.1. The van der Waals surface area contributed by atoms with E-state index in [9.17, 15) is 18.0 Å². The lowest BCUT2D eigenvalue weighted by molar-refractivity contribution is -0.151. The summed E-state index contributed by atoms with van der Waals surface area (Å²) < 4.78 is 44.9. The first-order valence-electron chi connectivity index (χ1n) is 10.6. The minimum absolute atomic E-state index is 0.253. The van der Waals surface area contributed by atoms with Gasteiger partial charge in [-0.15, -0.1) is 0 Å². The molecule has 2 aromatic rings. The minimum atomic E-state index is -4.50. The van der Waals surface area contributed by atoms with Crippen LogP contribution in [0.5, 0.6) is 5.75 Å². The van der Waals surface area contributed by atoms with Gasteiger partial charge in [-0.3, -0.25) is 9.80 Å². The normalized spacial score (nSPS) is 14.8. The van der Waals surface area contributed by atoms with E-state index in [2.05, 4.69) is 25.9 Å². The summed E-state index contributed by atoms with van der Waals surface area (Å²) in [6.45, 7) is 0.0738. The van der Waals surface area contributed by atoms with Crippen LogP contribution in [0.15, 0.2) is 53.6 Å². The van der Waals surface area contributed by atoms with E-state index in [4.69, 9.17) is 16.3 Å². The van der Waals surface area contributed by atoms with E-state index in [1.54, 1.807) is 35.2 Å². The molecule has 0 aliphatic carbocycles. The van der Waals surface area contributed by atoms with Crippen LogP contribution in [-0.2, 0) is 4.79 Å². The number of amides is 1. The molecule has 3 rings (SSSR count). The molecule has 6 nitrogen and oxygen atoms in total. The van der Waals surface area contributed by atoms with E-state index in [1.165, 1.54) is 7.11 Å². The van der Waals surface area contributed by atoms with Crippen molar-refractivity contribution in [2.24, 2.45) is 5.10 Å². The van der Waals surface area contributed by atoms with Gasteiger partial charge < -0.3 is 14.5 Å². The number of piperazine rings is 1. The number of nitrogens with zero attached hydrogens (tertiary/aromatic N) is 4. The summed E-state index contributed by atoms with van der Waals surface area (Å²) >= 11 is 9.38. The molecule has 1 aliphatic rings. The maximum Gasteiger partial charge on any atom is 0.407 e. The average Bonchev–Trinajstić information content (AvgIpc) is 2.82. The van der Waals surface area contributed by atoms with Gasteiger partial charge in [0.2, 0.25) is 5.91 Å². The zero-order valence-corrected chi connectivity index (χ0v) is 20.9. The maximum absolute atomic E-state index is 13.2. The number of halogens is 5. The van der Waals surface area contributed by atoms with Crippen LogP contribution in [0.25, 0.3) is 0 Å². The molecule has 1 aliphatic heterocycles. The fraction of sp³-hybridized carbons (Fsp3) is 0.391. The second-order valence-electron chi connectivity index (χ2n) is 7.67. The van der Waals surface area contributed by atoms with Crippen molar-refractivity contribution in [2.45, 2.75) is 6.18 Å². The fourth-order valence-electron chi connectivity index (χ4n) is 3.61. The Bertz CT molecular complexity index is 999. The molecular weight excluding hydrogens is 537 g/mol. The third kappa shape index (κ3) is 7.27. The highest BCUT2D eigenvalue weighted by atomic mass is 79.9. The molecule has 1 amide bonds. The van der Waals surface area contributed by atoms with Crippen molar-refractivity contribution < 1.29 is 22.7 Å². The molecule has 184 valence electrons. The Labute approximate surface area is 210 Å². The van der Waals surface area contributed by atoms with Crippen molar-refractivity contribution in [3.8, 4) is 5.75 Å². The van der Waals surface area contributed by atoms with Crippen LogP contribution < -0.4 is 9.64 Å². The van der Waals surface area contributed by atoms with Crippen LogP contribution in [0, 0.1) is 0 Å². The van der Waals surface area contributed by atoms with Gasteiger partial charge in [0.1, 0.15) is 18.8 Å². The average molecular weight is 562 g/mol. The zero-order chi connectivity index (χ0) is 24.7. The first-order valence-corrected chi connectivity index (χ1v) is 12.1. The van der Waals surface area contributed by atoms with Crippen molar-refractivity contribution >= 4 is 44.8 Å². The first-order chi connectivity index (χ1) is 16.2. The van der Waals surface area contributed by atoms with Gasteiger partial charge in [-0.1, -0.05) is 57.9 Å². The van der Waals surface area contributed by atoms with Crippen LogP contribution in [0.4, 0.5) is 18.9 Å². The zero-order valence-electron chi connectivity index (χ0n) is 18.6. The summed E-state index contributed by atoms with van der Waals surface area (Å²) in [5.74, 6) is 0.155. The minimum Gasteiger partial charge on any atom is -0.495 e. The topological polar surface area (TPSA) is 48.4 Å². The number of benzene rings is 2. The highest BCUT2D eigenvalue weighted by Crippen LogP contribution is 2.30. The molecular formula is C23H25BrClF3N4O2. The summed E-state index contributed by atoms with van der Waals surface area (Å²) in [5, 5.41) is 5.72. The van der Waals surface area contributed by atoms with E-state index < -0.39 is 25.2 Å².